The van der Waals surface area contributed by atoms with Crippen molar-refractivity contribution in [2.75, 3.05) is 19.8 Å². The molecule has 0 atom stereocenters. The highest BCUT2D eigenvalue weighted by Crippen LogP contribution is 2.28. The minimum Gasteiger partial charge on any atom is -0.389 e. The van der Waals surface area contributed by atoms with Gasteiger partial charge in [-0.2, -0.15) is 0 Å². The van der Waals surface area contributed by atoms with Crippen molar-refractivity contribution in [1.29, 1.82) is 0 Å². The molecule has 0 radical (unpaired) electrons. The number of ether oxygens (including phenoxy) is 1. The van der Waals surface area contributed by atoms with E-state index in [4.69, 9.17) is 22.7 Å². The van der Waals surface area contributed by atoms with E-state index in [1.54, 1.807) is 18.2 Å². The fraction of sp³-hybridized carbons (Fsp3) is 0.500. The molecule has 1 aliphatic rings. The van der Waals surface area contributed by atoms with Gasteiger partial charge in [0, 0.05) is 25.3 Å². The zero-order valence-electron chi connectivity index (χ0n) is 11.7. The van der Waals surface area contributed by atoms with Crippen molar-refractivity contribution < 1.29 is 13.2 Å². The van der Waals surface area contributed by atoms with Crippen LogP contribution in [0.5, 0.6) is 0 Å². The second-order valence-corrected chi connectivity index (χ2v) is 7.31. The van der Waals surface area contributed by atoms with Gasteiger partial charge >= 0.3 is 0 Å². The molecule has 0 aromatic heterocycles. The number of nitrogens with two attached hydrogens (primary N) is 1. The SMILES string of the molecule is NC(=S)c1ccccc1S(=O)(=O)NCCCOCC1CC1. The fourth-order valence-electron chi connectivity index (χ4n) is 1.90. The summed E-state index contributed by atoms with van der Waals surface area (Å²) in [7, 11) is -3.60. The molecule has 0 heterocycles. The van der Waals surface area contributed by atoms with Gasteiger partial charge in [-0.05, 0) is 31.2 Å². The van der Waals surface area contributed by atoms with Gasteiger partial charge in [0.15, 0.2) is 0 Å². The molecule has 1 aromatic carbocycles. The van der Waals surface area contributed by atoms with Crippen molar-refractivity contribution in [3.63, 3.8) is 0 Å². The van der Waals surface area contributed by atoms with Gasteiger partial charge in [-0.15, -0.1) is 0 Å². The Morgan fingerprint density at radius 1 is 1.38 bits per heavy atom. The van der Waals surface area contributed by atoms with Crippen LogP contribution in [0.3, 0.4) is 0 Å². The Labute approximate surface area is 130 Å². The van der Waals surface area contributed by atoms with Crippen LogP contribution in [0.15, 0.2) is 29.2 Å². The largest absolute Gasteiger partial charge is 0.389 e. The van der Waals surface area contributed by atoms with Gasteiger partial charge in [0.25, 0.3) is 0 Å². The Morgan fingerprint density at radius 2 is 2.10 bits per heavy atom. The lowest BCUT2D eigenvalue weighted by molar-refractivity contribution is 0.123. The number of benzene rings is 1. The second-order valence-electron chi connectivity index (χ2n) is 5.13. The van der Waals surface area contributed by atoms with Crippen LogP contribution in [0.4, 0.5) is 0 Å². The lowest BCUT2D eigenvalue weighted by atomic mass is 10.2. The first-order chi connectivity index (χ1) is 10.0. The number of nitrogens with one attached hydrogen (secondary N) is 1. The zero-order valence-corrected chi connectivity index (χ0v) is 13.4. The normalized spacial score (nSPS) is 15.0. The number of hydrogen-bond acceptors (Lipinski definition) is 4. The van der Waals surface area contributed by atoms with Gasteiger partial charge in [0.1, 0.15) is 4.99 Å². The maximum absolute atomic E-state index is 12.2. The molecule has 0 saturated heterocycles. The van der Waals surface area contributed by atoms with Gasteiger partial charge < -0.3 is 10.5 Å². The number of sulfonamides is 1. The summed E-state index contributed by atoms with van der Waals surface area (Å²) in [4.78, 5) is 0.195. The van der Waals surface area contributed by atoms with Crippen molar-refractivity contribution in [2.24, 2.45) is 11.7 Å². The van der Waals surface area contributed by atoms with Crippen molar-refractivity contribution in [3.8, 4) is 0 Å². The molecule has 0 amide bonds. The molecule has 5 nitrogen and oxygen atoms in total. The highest BCUT2D eigenvalue weighted by molar-refractivity contribution is 7.89. The molecule has 1 aliphatic carbocycles. The summed E-state index contributed by atoms with van der Waals surface area (Å²) >= 11 is 4.88. The van der Waals surface area contributed by atoms with Crippen LogP contribution in [0, 0.1) is 5.92 Å². The first-order valence-electron chi connectivity index (χ1n) is 6.97. The Morgan fingerprint density at radius 3 is 2.76 bits per heavy atom. The molecule has 1 fully saturated rings. The topological polar surface area (TPSA) is 81.4 Å². The molecule has 21 heavy (non-hydrogen) atoms. The second kappa shape index (κ2) is 7.31. The maximum atomic E-state index is 12.2. The highest BCUT2D eigenvalue weighted by atomic mass is 32.2. The molecule has 116 valence electrons. The van der Waals surface area contributed by atoms with Gasteiger partial charge in [0.2, 0.25) is 10.0 Å². The quantitative estimate of drug-likeness (QED) is 0.529. The van der Waals surface area contributed by atoms with Crippen LogP contribution in [0.1, 0.15) is 24.8 Å². The van der Waals surface area contributed by atoms with Crippen LogP contribution in [0.25, 0.3) is 0 Å². The molecule has 0 bridgehead atoms. The lowest BCUT2D eigenvalue weighted by Crippen LogP contribution is -2.28. The van der Waals surface area contributed by atoms with E-state index in [-0.39, 0.29) is 9.88 Å². The molecule has 2 rings (SSSR count). The third kappa shape index (κ3) is 5.03. The smallest absolute Gasteiger partial charge is 0.241 e. The van der Waals surface area contributed by atoms with Gasteiger partial charge in [-0.3, -0.25) is 0 Å². The van der Waals surface area contributed by atoms with E-state index < -0.39 is 10.0 Å². The van der Waals surface area contributed by atoms with Gasteiger partial charge in [0.05, 0.1) is 4.90 Å². The van der Waals surface area contributed by atoms with Crippen LogP contribution in [0.2, 0.25) is 0 Å². The summed E-state index contributed by atoms with van der Waals surface area (Å²) in [6.07, 6.45) is 3.14. The number of rotatable bonds is 9. The van der Waals surface area contributed by atoms with Crippen molar-refractivity contribution >= 4 is 27.2 Å². The summed E-state index contributed by atoms with van der Waals surface area (Å²) in [5.74, 6) is 0.721. The summed E-state index contributed by atoms with van der Waals surface area (Å²) in [6, 6.07) is 6.46. The Kier molecular flexibility index (Phi) is 5.69. The highest BCUT2D eigenvalue weighted by Gasteiger charge is 2.21. The fourth-order valence-corrected chi connectivity index (χ4v) is 3.43. The molecule has 3 N–H and O–H groups in total. The van der Waals surface area contributed by atoms with E-state index in [0.717, 1.165) is 12.5 Å². The van der Waals surface area contributed by atoms with Crippen LogP contribution >= 0.6 is 12.2 Å². The summed E-state index contributed by atoms with van der Waals surface area (Å²) in [6.45, 7) is 1.69. The molecule has 0 aliphatic heterocycles. The van der Waals surface area contributed by atoms with Gasteiger partial charge in [-0.25, -0.2) is 13.1 Å². The Bertz CT molecular complexity index is 598. The molecule has 1 saturated carbocycles. The van der Waals surface area contributed by atoms with Crippen LogP contribution in [-0.2, 0) is 14.8 Å². The van der Waals surface area contributed by atoms with E-state index in [9.17, 15) is 8.42 Å². The summed E-state index contributed by atoms with van der Waals surface area (Å²) < 4.78 is 32.5. The van der Waals surface area contributed by atoms with Crippen molar-refractivity contribution in [2.45, 2.75) is 24.2 Å². The Balaban J connectivity index is 1.84. The van der Waals surface area contributed by atoms with E-state index in [2.05, 4.69) is 4.72 Å². The first-order valence-corrected chi connectivity index (χ1v) is 8.86. The van der Waals surface area contributed by atoms with E-state index in [0.29, 0.717) is 25.1 Å². The predicted octanol–water partition coefficient (Wildman–Crippen LogP) is 1.42. The van der Waals surface area contributed by atoms with Crippen molar-refractivity contribution in [1.82, 2.24) is 4.72 Å². The molecular weight excluding hydrogens is 308 g/mol. The molecular formula is C14H20N2O3S2. The van der Waals surface area contributed by atoms with Gasteiger partial charge in [-0.1, -0.05) is 30.4 Å². The maximum Gasteiger partial charge on any atom is 0.241 e. The molecule has 0 spiro atoms. The third-order valence-electron chi connectivity index (χ3n) is 3.25. The van der Waals surface area contributed by atoms with Crippen LogP contribution < -0.4 is 10.5 Å². The summed E-state index contributed by atoms with van der Waals surface area (Å²) in [5.41, 5.74) is 5.92. The van der Waals surface area contributed by atoms with E-state index in [1.165, 1.54) is 18.9 Å². The van der Waals surface area contributed by atoms with E-state index >= 15 is 0 Å². The standard InChI is InChI=1S/C14H20N2O3S2/c15-14(20)12-4-1-2-5-13(12)21(17,18)16-8-3-9-19-10-11-6-7-11/h1-2,4-5,11,16H,3,6-10H2,(H2,15,20). The predicted molar refractivity (Wildman–Crippen MR) is 85.7 cm³/mol. The molecule has 7 heteroatoms. The number of hydrogen-bond donors (Lipinski definition) is 2. The van der Waals surface area contributed by atoms with Crippen molar-refractivity contribution in [3.05, 3.63) is 29.8 Å². The lowest BCUT2D eigenvalue weighted by Gasteiger charge is -2.10. The Hall–Kier alpha value is -1.02. The zero-order chi connectivity index (χ0) is 15.3. The first kappa shape index (κ1) is 16.4. The minimum atomic E-state index is -3.60. The average Bonchev–Trinajstić information content (AvgIpc) is 3.27. The number of thiocarbonyl (C=S) groups is 1. The average molecular weight is 328 g/mol. The molecule has 0 unspecified atom stereocenters. The monoisotopic (exact) mass is 328 g/mol. The van der Waals surface area contributed by atoms with Crippen LogP contribution in [-0.4, -0.2) is 33.2 Å². The summed E-state index contributed by atoms with van der Waals surface area (Å²) in [5, 5.41) is 0. The third-order valence-corrected chi connectivity index (χ3v) is 4.99. The molecule has 1 aromatic rings. The van der Waals surface area contributed by atoms with E-state index in [1.807, 2.05) is 0 Å². The minimum absolute atomic E-state index is 0.0729.